The number of carbonyl (C=O) groups is 1. The molecule has 13 heteroatoms. The van der Waals surface area contributed by atoms with Crippen LogP contribution in [0.1, 0.15) is 40.2 Å². The van der Waals surface area contributed by atoms with Crippen LogP contribution in [-0.4, -0.2) is 55.4 Å². The van der Waals surface area contributed by atoms with Gasteiger partial charge in [-0.05, 0) is 83.8 Å². The summed E-state index contributed by atoms with van der Waals surface area (Å²) in [5.41, 5.74) is 10.4. The minimum absolute atomic E-state index is 0.0186. The van der Waals surface area contributed by atoms with Crippen LogP contribution in [0.5, 0.6) is 5.75 Å². The summed E-state index contributed by atoms with van der Waals surface area (Å²) in [5, 5.41) is 19.6. The molecule has 5 rings (SSSR count). The van der Waals surface area contributed by atoms with Gasteiger partial charge in [-0.1, -0.05) is 17.3 Å². The molecule has 0 aliphatic carbocycles. The molecule has 4 aromatic rings. The smallest absolute Gasteiger partial charge is 0.292 e. The first-order chi connectivity index (χ1) is 18.1. The molecular weight excluding hydrogens is 481 g/mol. The summed E-state index contributed by atoms with van der Waals surface area (Å²) in [7, 11) is 0. The van der Waals surface area contributed by atoms with Crippen LogP contribution in [0.3, 0.4) is 0 Å². The normalized spacial score (nSPS) is 13.9. The molecule has 0 unspecified atom stereocenters. The maximum atomic E-state index is 13.3. The van der Waals surface area contributed by atoms with Crippen molar-refractivity contribution in [3.05, 3.63) is 76.9 Å². The van der Waals surface area contributed by atoms with Crippen molar-refractivity contribution in [1.29, 1.82) is 0 Å². The van der Waals surface area contributed by atoms with Crippen molar-refractivity contribution in [1.82, 2.24) is 35.6 Å². The molecule has 0 atom stereocenters. The lowest BCUT2D eigenvalue weighted by Gasteiger charge is -2.13. The molecule has 3 N–H and O–H groups in total. The van der Waals surface area contributed by atoms with Crippen molar-refractivity contribution in [3.63, 3.8) is 0 Å². The van der Waals surface area contributed by atoms with Gasteiger partial charge in [0.05, 0.1) is 6.21 Å². The first-order valence-corrected chi connectivity index (χ1v) is 11.6. The van der Waals surface area contributed by atoms with E-state index in [2.05, 4.69) is 40.7 Å². The lowest BCUT2D eigenvalue weighted by atomic mass is 10.2. The van der Waals surface area contributed by atoms with Crippen LogP contribution in [0.25, 0.3) is 5.82 Å². The average molecular weight is 506 g/mol. The zero-order chi connectivity index (χ0) is 25.6. The van der Waals surface area contributed by atoms with E-state index in [4.69, 9.17) is 10.5 Å². The average Bonchev–Trinajstić information content (AvgIpc) is 3.65. The minimum atomic E-state index is -0.534. The number of ether oxygens (including phenoxy) is 1. The Morgan fingerprint density at radius 1 is 1.19 bits per heavy atom. The van der Waals surface area contributed by atoms with Gasteiger partial charge in [-0.25, -0.2) is 14.4 Å². The predicted molar refractivity (Wildman–Crippen MR) is 130 cm³/mol. The summed E-state index contributed by atoms with van der Waals surface area (Å²) in [6.07, 6.45) is 3.68. The monoisotopic (exact) mass is 505 g/mol. The number of rotatable bonds is 9. The highest BCUT2D eigenvalue weighted by Gasteiger charge is 2.26. The summed E-state index contributed by atoms with van der Waals surface area (Å²) >= 11 is 0. The van der Waals surface area contributed by atoms with Crippen LogP contribution in [-0.2, 0) is 13.2 Å². The Morgan fingerprint density at radius 3 is 2.73 bits per heavy atom. The standard InChI is InChI=1S/C24H24FN9O3/c25-18-5-3-4-17(12-18)15-36-19-8-6-16(7-9-19)13-27-29-24(35)21-20(14-33-10-1-2-11-33)28-32-34(21)23-22(26)30-37-31-23/h3-9,12-13H,1-2,10-11,14-15H2,(H2,26,30)(H,29,35). The summed E-state index contributed by atoms with van der Waals surface area (Å²) in [6, 6.07) is 13.3. The van der Waals surface area contributed by atoms with Crippen LogP contribution in [0.4, 0.5) is 10.2 Å². The van der Waals surface area contributed by atoms with E-state index in [1.807, 2.05) is 0 Å². The number of nitrogens with two attached hydrogens (primary N) is 1. The molecule has 0 saturated carbocycles. The van der Waals surface area contributed by atoms with Gasteiger partial charge in [-0.2, -0.15) is 9.78 Å². The van der Waals surface area contributed by atoms with E-state index < -0.39 is 5.91 Å². The number of carbonyl (C=O) groups excluding carboxylic acids is 1. The van der Waals surface area contributed by atoms with E-state index in [9.17, 15) is 9.18 Å². The van der Waals surface area contributed by atoms with Gasteiger partial charge >= 0.3 is 0 Å². The number of anilines is 1. The fourth-order valence-corrected chi connectivity index (χ4v) is 3.95. The molecule has 1 aliphatic heterocycles. The van der Waals surface area contributed by atoms with Gasteiger partial charge in [0.2, 0.25) is 11.6 Å². The quantitative estimate of drug-likeness (QED) is 0.258. The van der Waals surface area contributed by atoms with Crippen molar-refractivity contribution < 1.29 is 18.6 Å². The molecule has 2 aromatic carbocycles. The third-order valence-corrected chi connectivity index (χ3v) is 5.78. The zero-order valence-electron chi connectivity index (χ0n) is 19.7. The first-order valence-electron chi connectivity index (χ1n) is 11.6. The summed E-state index contributed by atoms with van der Waals surface area (Å²) in [5.74, 6) is -0.172. The van der Waals surface area contributed by atoms with Gasteiger partial charge in [0.15, 0.2) is 5.69 Å². The van der Waals surface area contributed by atoms with Crippen LogP contribution < -0.4 is 15.9 Å². The maximum Gasteiger partial charge on any atom is 0.292 e. The third kappa shape index (κ3) is 5.78. The SMILES string of the molecule is Nc1nonc1-n1nnc(CN2CCCC2)c1C(=O)NN=Cc1ccc(OCc2cccc(F)c2)cc1. The Labute approximate surface area is 210 Å². The summed E-state index contributed by atoms with van der Waals surface area (Å²) in [6.45, 7) is 2.53. The van der Waals surface area contributed by atoms with Gasteiger partial charge in [0.1, 0.15) is 23.9 Å². The van der Waals surface area contributed by atoms with Crippen molar-refractivity contribution in [3.8, 4) is 11.6 Å². The van der Waals surface area contributed by atoms with Crippen molar-refractivity contribution in [2.75, 3.05) is 18.8 Å². The molecule has 1 saturated heterocycles. The van der Waals surface area contributed by atoms with E-state index >= 15 is 0 Å². The number of aromatic nitrogens is 5. The molecule has 1 fully saturated rings. The minimum Gasteiger partial charge on any atom is -0.489 e. The Bertz CT molecular complexity index is 1390. The molecule has 1 amide bonds. The number of amides is 1. The third-order valence-electron chi connectivity index (χ3n) is 5.78. The molecule has 0 radical (unpaired) electrons. The van der Waals surface area contributed by atoms with E-state index in [1.165, 1.54) is 23.0 Å². The fraction of sp³-hybridized carbons (Fsp3) is 0.250. The van der Waals surface area contributed by atoms with Gasteiger partial charge in [-0.15, -0.1) is 5.10 Å². The summed E-state index contributed by atoms with van der Waals surface area (Å²) < 4.78 is 24.9. The Morgan fingerprint density at radius 2 is 2.00 bits per heavy atom. The largest absolute Gasteiger partial charge is 0.489 e. The van der Waals surface area contributed by atoms with Crippen molar-refractivity contribution in [2.45, 2.75) is 26.0 Å². The second kappa shape index (κ2) is 11.0. The molecule has 0 spiro atoms. The number of hydrogen-bond donors (Lipinski definition) is 2. The number of nitrogens with one attached hydrogen (secondary N) is 1. The molecule has 37 heavy (non-hydrogen) atoms. The van der Waals surface area contributed by atoms with Gasteiger partial charge in [-0.3, -0.25) is 9.69 Å². The van der Waals surface area contributed by atoms with Gasteiger partial charge in [0, 0.05) is 6.54 Å². The first kappa shape index (κ1) is 24.1. The number of likely N-dealkylation sites (tertiary alicyclic amines) is 1. The highest BCUT2D eigenvalue weighted by Crippen LogP contribution is 2.19. The number of hydrazone groups is 1. The number of halogens is 1. The highest BCUT2D eigenvalue weighted by atomic mass is 19.1. The molecular formula is C24H24FN9O3. The second-order valence-electron chi connectivity index (χ2n) is 8.44. The van der Waals surface area contributed by atoms with Crippen molar-refractivity contribution >= 4 is 17.9 Å². The van der Waals surface area contributed by atoms with E-state index in [0.717, 1.165) is 37.1 Å². The zero-order valence-corrected chi connectivity index (χ0v) is 19.7. The van der Waals surface area contributed by atoms with Crippen molar-refractivity contribution in [2.24, 2.45) is 5.10 Å². The second-order valence-corrected chi connectivity index (χ2v) is 8.44. The number of nitrogen functional groups attached to an aromatic ring is 1. The van der Waals surface area contributed by atoms with Crippen LogP contribution in [0, 0.1) is 5.82 Å². The molecule has 3 heterocycles. The van der Waals surface area contributed by atoms with E-state index in [1.54, 1.807) is 36.4 Å². The molecule has 190 valence electrons. The highest BCUT2D eigenvalue weighted by molar-refractivity contribution is 5.95. The van der Waals surface area contributed by atoms with Gasteiger partial charge < -0.3 is 10.5 Å². The Kier molecular flexibility index (Phi) is 7.12. The van der Waals surface area contributed by atoms with Crippen LogP contribution in [0.2, 0.25) is 0 Å². The molecule has 0 bridgehead atoms. The van der Waals surface area contributed by atoms with E-state index in [0.29, 0.717) is 18.0 Å². The number of hydrogen-bond acceptors (Lipinski definition) is 10. The van der Waals surface area contributed by atoms with E-state index in [-0.39, 0.29) is 29.8 Å². The fourth-order valence-electron chi connectivity index (χ4n) is 3.95. The van der Waals surface area contributed by atoms with Gasteiger partial charge in [0.25, 0.3) is 5.91 Å². The molecule has 2 aromatic heterocycles. The Hall–Kier alpha value is -4.65. The number of nitrogens with zero attached hydrogens (tertiary/aromatic N) is 7. The topological polar surface area (TPSA) is 150 Å². The van der Waals surface area contributed by atoms with Crippen LogP contribution in [0.15, 0.2) is 58.3 Å². The Balaban J connectivity index is 1.25. The lowest BCUT2D eigenvalue weighted by molar-refractivity contribution is 0.0945. The maximum absolute atomic E-state index is 13.3. The summed E-state index contributed by atoms with van der Waals surface area (Å²) in [4.78, 5) is 15.3. The van der Waals surface area contributed by atoms with Crippen LogP contribution >= 0.6 is 0 Å². The predicted octanol–water partition coefficient (Wildman–Crippen LogP) is 2.31. The molecule has 12 nitrogen and oxygen atoms in total. The number of benzene rings is 2. The molecule has 1 aliphatic rings. The lowest BCUT2D eigenvalue weighted by Crippen LogP contribution is -2.26.